The van der Waals surface area contributed by atoms with Crippen LogP contribution in [0.1, 0.15) is 70.9 Å². The fourth-order valence-corrected chi connectivity index (χ4v) is 5.43. The minimum atomic E-state index is -0.137. The highest BCUT2D eigenvalue weighted by molar-refractivity contribution is 6.04. The molecule has 2 aliphatic carbocycles. The molecule has 2 aromatic heterocycles. The molecule has 3 aliphatic rings. The van der Waals surface area contributed by atoms with Crippen LogP contribution < -0.4 is 5.73 Å². The monoisotopic (exact) mass is 458 g/mol. The Bertz CT molecular complexity index is 1340. The van der Waals surface area contributed by atoms with Gasteiger partial charge in [-0.05, 0) is 81.2 Å². The molecule has 1 aliphatic heterocycles. The van der Waals surface area contributed by atoms with Gasteiger partial charge in [-0.1, -0.05) is 0 Å². The third-order valence-electron chi connectivity index (χ3n) is 7.99. The zero-order chi connectivity index (χ0) is 23.7. The Morgan fingerprint density at radius 1 is 1.24 bits per heavy atom. The van der Waals surface area contributed by atoms with Crippen LogP contribution in [0.5, 0.6) is 0 Å². The van der Waals surface area contributed by atoms with Gasteiger partial charge in [0.05, 0.1) is 5.69 Å². The van der Waals surface area contributed by atoms with E-state index < -0.39 is 0 Å². The molecular weight excluding hydrogens is 428 g/mol. The number of nitrogens with zero attached hydrogens (tertiary/aromatic N) is 5. The second-order valence-electron chi connectivity index (χ2n) is 10.2. The maximum Gasteiger partial charge on any atom is 0.261 e. The highest BCUT2D eigenvalue weighted by Crippen LogP contribution is 2.40. The average molecular weight is 459 g/mol. The van der Waals surface area contributed by atoms with Crippen molar-refractivity contribution in [2.45, 2.75) is 64.6 Å². The number of amides is 2. The summed E-state index contributed by atoms with van der Waals surface area (Å²) in [6.07, 6.45) is 7.39. The van der Waals surface area contributed by atoms with Gasteiger partial charge in [-0.15, -0.1) is 5.10 Å². The van der Waals surface area contributed by atoms with Crippen molar-refractivity contribution in [2.75, 3.05) is 12.8 Å². The number of aromatic nitrogens is 3. The van der Waals surface area contributed by atoms with E-state index in [-0.39, 0.29) is 29.7 Å². The maximum absolute atomic E-state index is 13.2. The number of carbonyl (C=O) groups is 2. The molecule has 3 heterocycles. The van der Waals surface area contributed by atoms with E-state index >= 15 is 0 Å². The number of nitrogen functional groups attached to an aromatic ring is 1. The first kappa shape index (κ1) is 21.1. The molecule has 3 aromatic rings. The highest BCUT2D eigenvalue weighted by atomic mass is 16.2. The number of hydrogen-bond donors (Lipinski definition) is 1. The van der Waals surface area contributed by atoms with Crippen molar-refractivity contribution in [3.63, 3.8) is 0 Å². The molecule has 2 amide bonds. The fraction of sp³-hybridized carbons (Fsp3) is 0.462. The van der Waals surface area contributed by atoms with Gasteiger partial charge in [-0.3, -0.25) is 9.59 Å². The number of hydrogen-bond acceptors (Lipinski definition) is 5. The van der Waals surface area contributed by atoms with Crippen LogP contribution in [0.2, 0.25) is 0 Å². The predicted molar refractivity (Wildman–Crippen MR) is 129 cm³/mol. The lowest BCUT2D eigenvalue weighted by atomic mass is 9.91. The van der Waals surface area contributed by atoms with Crippen LogP contribution in [0.25, 0.3) is 16.9 Å². The molecule has 8 nitrogen and oxygen atoms in total. The SMILES string of the molecule is Cc1cc(-c2ccn3nc(N)c(C(=O)N(C)C4CCC4)c3n2)cc2c1C(=O)N(C(C)C1CC1)C2. The van der Waals surface area contributed by atoms with Crippen molar-refractivity contribution in [3.05, 3.63) is 46.6 Å². The van der Waals surface area contributed by atoms with Crippen LogP contribution in [0.3, 0.4) is 0 Å². The fourth-order valence-electron chi connectivity index (χ4n) is 5.43. The number of rotatable bonds is 5. The summed E-state index contributed by atoms with van der Waals surface area (Å²) < 4.78 is 1.57. The topological polar surface area (TPSA) is 96.8 Å². The molecule has 6 rings (SSSR count). The number of fused-ring (bicyclic) bond motifs is 2. The van der Waals surface area contributed by atoms with Gasteiger partial charge >= 0.3 is 0 Å². The number of benzene rings is 1. The Morgan fingerprint density at radius 2 is 2.00 bits per heavy atom. The van der Waals surface area contributed by atoms with Crippen molar-refractivity contribution >= 4 is 23.3 Å². The zero-order valence-electron chi connectivity index (χ0n) is 19.9. The first-order valence-corrected chi connectivity index (χ1v) is 12.2. The highest BCUT2D eigenvalue weighted by Gasteiger charge is 2.39. The average Bonchev–Trinajstić information content (AvgIpc) is 3.49. The lowest BCUT2D eigenvalue weighted by molar-refractivity contribution is 0.0653. The molecule has 2 fully saturated rings. The molecule has 2 N–H and O–H groups in total. The molecule has 0 spiro atoms. The van der Waals surface area contributed by atoms with Crippen molar-refractivity contribution < 1.29 is 9.59 Å². The van der Waals surface area contributed by atoms with E-state index in [9.17, 15) is 9.59 Å². The summed E-state index contributed by atoms with van der Waals surface area (Å²) in [6.45, 7) is 4.79. The summed E-state index contributed by atoms with van der Waals surface area (Å²) in [4.78, 5) is 35.0. The van der Waals surface area contributed by atoms with E-state index in [0.29, 0.717) is 23.7 Å². The Balaban J connectivity index is 1.37. The van der Waals surface area contributed by atoms with E-state index in [1.165, 1.54) is 12.8 Å². The largest absolute Gasteiger partial charge is 0.381 e. The van der Waals surface area contributed by atoms with Gasteiger partial charge in [0.2, 0.25) is 0 Å². The summed E-state index contributed by atoms with van der Waals surface area (Å²) in [5.74, 6) is 0.823. The first-order valence-electron chi connectivity index (χ1n) is 12.2. The number of nitrogens with two attached hydrogens (primary N) is 1. The van der Waals surface area contributed by atoms with Crippen molar-refractivity contribution in [1.29, 1.82) is 0 Å². The molecule has 0 saturated heterocycles. The Kier molecular flexibility index (Phi) is 4.69. The third-order valence-corrected chi connectivity index (χ3v) is 7.99. The van der Waals surface area contributed by atoms with Crippen LogP contribution in [0.4, 0.5) is 5.82 Å². The van der Waals surface area contributed by atoms with Gasteiger partial charge in [0.15, 0.2) is 11.5 Å². The molecule has 1 aromatic carbocycles. The van der Waals surface area contributed by atoms with E-state index in [1.807, 2.05) is 31.0 Å². The molecule has 0 bridgehead atoms. The van der Waals surface area contributed by atoms with Gasteiger partial charge in [0.25, 0.3) is 11.8 Å². The van der Waals surface area contributed by atoms with Crippen LogP contribution >= 0.6 is 0 Å². The molecule has 2 saturated carbocycles. The van der Waals surface area contributed by atoms with Crippen LogP contribution in [-0.2, 0) is 6.54 Å². The molecule has 1 atom stereocenters. The van der Waals surface area contributed by atoms with Gasteiger partial charge in [0, 0.05) is 43.0 Å². The summed E-state index contributed by atoms with van der Waals surface area (Å²) in [5.41, 5.74) is 11.5. The second-order valence-corrected chi connectivity index (χ2v) is 10.2. The number of anilines is 1. The first-order chi connectivity index (χ1) is 16.3. The van der Waals surface area contributed by atoms with E-state index in [2.05, 4.69) is 18.1 Å². The zero-order valence-corrected chi connectivity index (χ0v) is 19.9. The smallest absolute Gasteiger partial charge is 0.261 e. The summed E-state index contributed by atoms with van der Waals surface area (Å²) in [6, 6.07) is 6.49. The van der Waals surface area contributed by atoms with Crippen molar-refractivity contribution in [2.24, 2.45) is 5.92 Å². The minimum absolute atomic E-state index is 0.136. The van der Waals surface area contributed by atoms with Gasteiger partial charge < -0.3 is 15.5 Å². The summed E-state index contributed by atoms with van der Waals surface area (Å²) in [7, 11) is 1.83. The molecule has 1 unspecified atom stereocenters. The molecule has 176 valence electrons. The molecular formula is C26H30N6O2. The Hall–Kier alpha value is -3.42. The van der Waals surface area contributed by atoms with Gasteiger partial charge in [-0.2, -0.15) is 0 Å². The normalized spacial score (nSPS) is 18.8. The Labute approximate surface area is 198 Å². The van der Waals surface area contributed by atoms with Crippen molar-refractivity contribution in [1.82, 2.24) is 24.4 Å². The lowest BCUT2D eigenvalue weighted by Gasteiger charge is -2.34. The quantitative estimate of drug-likeness (QED) is 0.629. The summed E-state index contributed by atoms with van der Waals surface area (Å²) >= 11 is 0. The van der Waals surface area contributed by atoms with E-state index in [0.717, 1.165) is 47.2 Å². The van der Waals surface area contributed by atoms with Crippen LogP contribution in [0, 0.1) is 12.8 Å². The maximum atomic E-state index is 13.2. The Morgan fingerprint density at radius 3 is 2.68 bits per heavy atom. The molecule has 8 heteroatoms. The van der Waals surface area contributed by atoms with Crippen molar-refractivity contribution in [3.8, 4) is 11.3 Å². The third kappa shape index (κ3) is 3.19. The van der Waals surface area contributed by atoms with Crippen LogP contribution in [-0.4, -0.2) is 55.3 Å². The number of carbonyl (C=O) groups excluding carboxylic acids is 2. The second kappa shape index (κ2) is 7.55. The van der Waals surface area contributed by atoms with E-state index in [1.54, 1.807) is 15.6 Å². The molecule has 34 heavy (non-hydrogen) atoms. The van der Waals surface area contributed by atoms with Crippen LogP contribution in [0.15, 0.2) is 24.4 Å². The number of aryl methyl sites for hydroxylation is 1. The minimum Gasteiger partial charge on any atom is -0.381 e. The van der Waals surface area contributed by atoms with E-state index in [4.69, 9.17) is 10.7 Å². The standard InChI is InChI=1S/C26H30N6O2/c1-14-11-17(12-18-13-31(26(34)21(14)18)15(2)16-7-8-16)20-9-10-32-24(28-20)22(23(27)29-32)25(33)30(3)19-5-4-6-19/h9-12,15-16,19H,4-8,13H2,1-3H3,(H2,27,29). The lowest BCUT2D eigenvalue weighted by Crippen LogP contribution is -2.41. The molecule has 0 radical (unpaired) electrons. The summed E-state index contributed by atoms with van der Waals surface area (Å²) in [5, 5.41) is 4.32. The van der Waals surface area contributed by atoms with Gasteiger partial charge in [-0.25, -0.2) is 9.50 Å². The predicted octanol–water partition coefficient (Wildman–Crippen LogP) is 3.67. The van der Waals surface area contributed by atoms with Gasteiger partial charge in [0.1, 0.15) is 5.56 Å².